The summed E-state index contributed by atoms with van der Waals surface area (Å²) >= 11 is 0. The van der Waals surface area contributed by atoms with Crippen LogP contribution in [0.4, 0.5) is 0 Å². The van der Waals surface area contributed by atoms with Crippen LogP contribution in [0.2, 0.25) is 0 Å². The van der Waals surface area contributed by atoms with E-state index in [1.54, 1.807) is 0 Å². The molecular weight excluding hydrogens is 258 g/mol. The van der Waals surface area contributed by atoms with Crippen LogP contribution in [0.5, 0.6) is 0 Å². The molecule has 20 heavy (non-hydrogen) atoms. The summed E-state index contributed by atoms with van der Waals surface area (Å²) in [4.78, 5) is 24.3. The molecule has 1 aromatic rings. The molecule has 1 aliphatic rings. The van der Waals surface area contributed by atoms with Crippen molar-refractivity contribution in [3.8, 4) is 0 Å². The first-order valence-electron chi connectivity index (χ1n) is 6.82. The molecule has 1 aromatic carbocycles. The average Bonchev–Trinajstić information content (AvgIpc) is 2.94. The van der Waals surface area contributed by atoms with Crippen LogP contribution in [0.3, 0.4) is 0 Å². The Morgan fingerprint density at radius 1 is 1.30 bits per heavy atom. The molecule has 0 aliphatic carbocycles. The fourth-order valence-corrected chi connectivity index (χ4v) is 2.40. The molecule has 108 valence electrons. The lowest BCUT2D eigenvalue weighted by molar-refractivity contribution is -0.150. The van der Waals surface area contributed by atoms with Crippen LogP contribution in [-0.4, -0.2) is 47.7 Å². The minimum Gasteiger partial charge on any atom is -0.480 e. The predicted molar refractivity (Wildman–Crippen MR) is 73.3 cm³/mol. The Bertz CT molecular complexity index is 460. The Kier molecular flexibility index (Phi) is 5.12. The summed E-state index contributed by atoms with van der Waals surface area (Å²) in [5.41, 5.74) is 1.16. The molecule has 0 saturated carbocycles. The molecule has 0 spiro atoms. The number of carboxylic acid groups (broad SMARTS) is 1. The number of carbonyl (C=O) groups is 2. The monoisotopic (exact) mass is 277 g/mol. The van der Waals surface area contributed by atoms with Gasteiger partial charge in [0, 0.05) is 6.54 Å². The largest absolute Gasteiger partial charge is 0.480 e. The molecule has 1 saturated heterocycles. The van der Waals surface area contributed by atoms with Crippen LogP contribution in [-0.2, 0) is 20.7 Å². The zero-order chi connectivity index (χ0) is 14.4. The lowest BCUT2D eigenvalue weighted by atomic mass is 10.2. The predicted octanol–water partition coefficient (Wildman–Crippen LogP) is 1.32. The van der Waals surface area contributed by atoms with E-state index >= 15 is 0 Å². The van der Waals surface area contributed by atoms with Gasteiger partial charge in [0.25, 0.3) is 0 Å². The first-order chi connectivity index (χ1) is 9.68. The van der Waals surface area contributed by atoms with Crippen LogP contribution in [0.25, 0.3) is 0 Å². The van der Waals surface area contributed by atoms with E-state index in [9.17, 15) is 9.59 Å². The summed E-state index contributed by atoms with van der Waals surface area (Å²) < 4.78 is 5.36. The van der Waals surface area contributed by atoms with Gasteiger partial charge in [0.2, 0.25) is 5.91 Å². The van der Waals surface area contributed by atoms with Crippen molar-refractivity contribution in [2.45, 2.75) is 25.3 Å². The molecule has 1 heterocycles. The van der Waals surface area contributed by atoms with Crippen molar-refractivity contribution in [2.75, 3.05) is 19.8 Å². The van der Waals surface area contributed by atoms with E-state index in [1.165, 1.54) is 4.90 Å². The van der Waals surface area contributed by atoms with E-state index in [2.05, 4.69) is 0 Å². The molecule has 0 radical (unpaired) electrons. The van der Waals surface area contributed by atoms with Gasteiger partial charge in [0.15, 0.2) is 0 Å². The molecule has 1 N–H and O–H groups in total. The number of nitrogens with zero attached hydrogens (tertiary/aromatic N) is 1. The highest BCUT2D eigenvalue weighted by Crippen LogP contribution is 2.17. The van der Waals surface area contributed by atoms with Crippen molar-refractivity contribution in [3.63, 3.8) is 0 Å². The van der Waals surface area contributed by atoms with Gasteiger partial charge in [-0.15, -0.1) is 0 Å². The quantitative estimate of drug-likeness (QED) is 0.796. The van der Waals surface area contributed by atoms with Crippen molar-refractivity contribution in [2.24, 2.45) is 0 Å². The topological polar surface area (TPSA) is 66.8 Å². The van der Waals surface area contributed by atoms with Crippen molar-refractivity contribution in [3.05, 3.63) is 35.9 Å². The summed E-state index contributed by atoms with van der Waals surface area (Å²) in [6, 6.07) is 9.20. The van der Waals surface area contributed by atoms with Crippen molar-refractivity contribution < 1.29 is 19.4 Å². The molecule has 2 rings (SSSR count). The van der Waals surface area contributed by atoms with E-state index in [0.717, 1.165) is 18.4 Å². The highest BCUT2D eigenvalue weighted by molar-refractivity contribution is 5.84. The van der Waals surface area contributed by atoms with Gasteiger partial charge in [-0.05, 0) is 24.8 Å². The van der Waals surface area contributed by atoms with E-state index in [0.29, 0.717) is 19.6 Å². The summed E-state index contributed by atoms with van der Waals surface area (Å²) in [5, 5.41) is 9.02. The van der Waals surface area contributed by atoms with E-state index in [4.69, 9.17) is 9.84 Å². The first-order valence-corrected chi connectivity index (χ1v) is 6.82. The number of carbonyl (C=O) groups excluding carboxylic acids is 1. The van der Waals surface area contributed by atoms with Gasteiger partial charge in [0.05, 0.1) is 6.61 Å². The Morgan fingerprint density at radius 3 is 2.75 bits per heavy atom. The van der Waals surface area contributed by atoms with Crippen LogP contribution < -0.4 is 0 Å². The van der Waals surface area contributed by atoms with Crippen molar-refractivity contribution in [1.82, 2.24) is 4.90 Å². The fourth-order valence-electron chi connectivity index (χ4n) is 2.40. The third-order valence-electron chi connectivity index (χ3n) is 3.46. The summed E-state index contributed by atoms with van der Waals surface area (Å²) in [7, 11) is 0. The highest BCUT2D eigenvalue weighted by atomic mass is 16.5. The summed E-state index contributed by atoms with van der Waals surface area (Å²) in [6.45, 7) is 0.926. The Hall–Kier alpha value is -1.88. The van der Waals surface area contributed by atoms with E-state index in [1.807, 2.05) is 30.3 Å². The molecule has 1 atom stereocenters. The molecule has 1 amide bonds. The van der Waals surface area contributed by atoms with E-state index < -0.39 is 12.0 Å². The van der Waals surface area contributed by atoms with Gasteiger partial charge in [0.1, 0.15) is 12.6 Å². The van der Waals surface area contributed by atoms with Crippen LogP contribution in [0, 0.1) is 0 Å². The minimum absolute atomic E-state index is 0.0450. The maximum Gasteiger partial charge on any atom is 0.326 e. The number of hydrogen-bond donors (Lipinski definition) is 1. The third kappa shape index (κ3) is 3.81. The molecule has 1 aliphatic heterocycles. The number of likely N-dealkylation sites (tertiary alicyclic amines) is 1. The van der Waals surface area contributed by atoms with Gasteiger partial charge in [-0.25, -0.2) is 4.79 Å². The number of amides is 1. The molecule has 0 bridgehead atoms. The average molecular weight is 277 g/mol. The molecule has 0 unspecified atom stereocenters. The molecule has 5 heteroatoms. The van der Waals surface area contributed by atoms with Gasteiger partial charge in [-0.2, -0.15) is 0 Å². The first kappa shape index (κ1) is 14.5. The third-order valence-corrected chi connectivity index (χ3v) is 3.46. The number of ether oxygens (including phenoxy) is 1. The zero-order valence-corrected chi connectivity index (χ0v) is 11.3. The number of carboxylic acids is 1. The van der Waals surface area contributed by atoms with Gasteiger partial charge in [-0.1, -0.05) is 30.3 Å². The maximum atomic E-state index is 11.9. The molecule has 0 aromatic heterocycles. The van der Waals surface area contributed by atoms with Crippen molar-refractivity contribution >= 4 is 11.9 Å². The second kappa shape index (κ2) is 7.05. The standard InChI is InChI=1S/C15H19NO4/c17-14(16-9-4-7-13(16)15(18)19)11-20-10-8-12-5-2-1-3-6-12/h1-3,5-6,13H,4,7-11H2,(H,18,19)/t13-/m1/s1. The Balaban J connectivity index is 1.71. The number of rotatable bonds is 6. The molecule has 1 fully saturated rings. The van der Waals surface area contributed by atoms with Crippen molar-refractivity contribution in [1.29, 1.82) is 0 Å². The van der Waals surface area contributed by atoms with Gasteiger partial charge < -0.3 is 14.7 Å². The number of aliphatic carboxylic acids is 1. The lowest BCUT2D eigenvalue weighted by Gasteiger charge is -2.21. The zero-order valence-electron chi connectivity index (χ0n) is 11.3. The van der Waals surface area contributed by atoms with E-state index in [-0.39, 0.29) is 12.5 Å². The second-order valence-corrected chi connectivity index (χ2v) is 4.87. The number of benzene rings is 1. The maximum absolute atomic E-state index is 11.9. The second-order valence-electron chi connectivity index (χ2n) is 4.87. The highest BCUT2D eigenvalue weighted by Gasteiger charge is 2.33. The van der Waals surface area contributed by atoms with Crippen LogP contribution in [0.1, 0.15) is 18.4 Å². The summed E-state index contributed by atoms with van der Waals surface area (Å²) in [6.07, 6.45) is 2.02. The van der Waals surface area contributed by atoms with Gasteiger partial charge >= 0.3 is 5.97 Å². The normalized spacial score (nSPS) is 18.2. The smallest absolute Gasteiger partial charge is 0.326 e. The van der Waals surface area contributed by atoms with Crippen LogP contribution >= 0.6 is 0 Å². The number of hydrogen-bond acceptors (Lipinski definition) is 3. The van der Waals surface area contributed by atoms with Gasteiger partial charge in [-0.3, -0.25) is 4.79 Å². The Labute approximate surface area is 118 Å². The molecule has 5 nitrogen and oxygen atoms in total. The summed E-state index contributed by atoms with van der Waals surface area (Å²) in [5.74, 6) is -1.16. The lowest BCUT2D eigenvalue weighted by Crippen LogP contribution is -2.42. The minimum atomic E-state index is -0.930. The Morgan fingerprint density at radius 2 is 2.05 bits per heavy atom. The molecular formula is C15H19NO4. The fraction of sp³-hybridized carbons (Fsp3) is 0.467. The SMILES string of the molecule is O=C(O)[C@H]1CCCN1C(=O)COCCc1ccccc1. The van der Waals surface area contributed by atoms with Crippen LogP contribution in [0.15, 0.2) is 30.3 Å².